The Kier molecular flexibility index (Phi) is 2.47. The highest BCUT2D eigenvalue weighted by Gasteiger charge is 2.10. The number of rotatable bonds is 2. The van der Waals surface area contributed by atoms with Gasteiger partial charge in [0, 0.05) is 5.92 Å². The zero-order valence-corrected chi connectivity index (χ0v) is 9.41. The first-order valence-corrected chi connectivity index (χ1v) is 5.41. The normalized spacial score (nSPS) is 11.1. The van der Waals surface area contributed by atoms with E-state index in [1.54, 1.807) is 17.5 Å². The van der Waals surface area contributed by atoms with E-state index in [-0.39, 0.29) is 0 Å². The molecule has 2 aromatic heterocycles. The first-order valence-electron chi connectivity index (χ1n) is 4.18. The Bertz CT molecular complexity index is 482. The molecule has 0 fully saturated rings. The highest BCUT2D eigenvalue weighted by Crippen LogP contribution is 2.28. The van der Waals surface area contributed by atoms with Gasteiger partial charge in [-0.2, -0.15) is 0 Å². The summed E-state index contributed by atoms with van der Waals surface area (Å²) < 4.78 is 5.18. The van der Waals surface area contributed by atoms with E-state index in [9.17, 15) is 0 Å². The third-order valence-corrected chi connectivity index (χ3v) is 3.13. The molecule has 0 spiro atoms. The fourth-order valence-corrected chi connectivity index (χ4v) is 1.96. The Morgan fingerprint density at radius 2 is 2.36 bits per heavy atom. The smallest absolute Gasteiger partial charge is 0.284 e. The van der Waals surface area contributed by atoms with E-state index < -0.39 is 0 Å². The van der Waals surface area contributed by atoms with Crippen LogP contribution in [0.4, 0.5) is 0 Å². The van der Waals surface area contributed by atoms with Gasteiger partial charge in [-0.25, -0.2) is 10.1 Å². The average molecular weight is 227 g/mol. The first kappa shape index (κ1) is 9.54. The predicted molar refractivity (Wildman–Crippen MR) is 56.9 cm³/mol. The molecule has 2 heterocycles. The van der Waals surface area contributed by atoms with E-state index in [4.69, 9.17) is 16.6 Å². The van der Waals surface area contributed by atoms with Crippen molar-refractivity contribution in [2.45, 2.75) is 19.8 Å². The van der Waals surface area contributed by atoms with Gasteiger partial charge >= 0.3 is 0 Å². The first-order chi connectivity index (χ1) is 6.66. The van der Waals surface area contributed by atoms with Gasteiger partial charge in [0.25, 0.3) is 10.7 Å². The molecule has 0 unspecified atom stereocenters. The Labute approximate surface area is 90.0 Å². The van der Waals surface area contributed by atoms with E-state index in [1.807, 2.05) is 0 Å². The van der Waals surface area contributed by atoms with Crippen molar-refractivity contribution in [1.29, 1.82) is 0 Å². The SMILES string of the molecule is CC(C)c1ncc(-c2n[nH]c(=S)o2)s1. The van der Waals surface area contributed by atoms with Crippen LogP contribution in [-0.2, 0) is 0 Å². The molecule has 2 rings (SSSR count). The Morgan fingerprint density at radius 1 is 1.57 bits per heavy atom. The van der Waals surface area contributed by atoms with Crippen LogP contribution in [0.25, 0.3) is 10.8 Å². The molecular formula is C8H9N3OS2. The molecule has 0 amide bonds. The van der Waals surface area contributed by atoms with Crippen LogP contribution < -0.4 is 0 Å². The molecule has 14 heavy (non-hydrogen) atoms. The highest BCUT2D eigenvalue weighted by molar-refractivity contribution is 7.71. The number of hydrogen-bond acceptors (Lipinski definition) is 5. The van der Waals surface area contributed by atoms with Gasteiger partial charge in [0.1, 0.15) is 4.88 Å². The molecule has 74 valence electrons. The van der Waals surface area contributed by atoms with Crippen LogP contribution in [0.2, 0.25) is 0 Å². The molecule has 0 atom stereocenters. The molecule has 4 nitrogen and oxygen atoms in total. The maximum Gasteiger partial charge on any atom is 0.284 e. The van der Waals surface area contributed by atoms with Crippen LogP contribution in [0.5, 0.6) is 0 Å². The number of H-pyrrole nitrogens is 1. The summed E-state index contributed by atoms with van der Waals surface area (Å²) in [6.45, 7) is 4.20. The van der Waals surface area contributed by atoms with Crippen molar-refractivity contribution in [3.05, 3.63) is 16.0 Å². The minimum Gasteiger partial charge on any atom is -0.408 e. The lowest BCUT2D eigenvalue weighted by Gasteiger charge is -1.94. The highest BCUT2D eigenvalue weighted by atomic mass is 32.1. The average Bonchev–Trinajstić information content (AvgIpc) is 2.70. The number of thiazole rings is 1. The van der Waals surface area contributed by atoms with Gasteiger partial charge in [0.05, 0.1) is 11.2 Å². The van der Waals surface area contributed by atoms with E-state index >= 15 is 0 Å². The van der Waals surface area contributed by atoms with Crippen molar-refractivity contribution in [3.8, 4) is 10.8 Å². The van der Waals surface area contributed by atoms with Gasteiger partial charge < -0.3 is 4.42 Å². The zero-order chi connectivity index (χ0) is 10.1. The van der Waals surface area contributed by atoms with Crippen LogP contribution in [0, 0.1) is 4.84 Å². The van der Waals surface area contributed by atoms with Gasteiger partial charge in [0.15, 0.2) is 0 Å². The third kappa shape index (κ3) is 1.76. The van der Waals surface area contributed by atoms with Crippen LogP contribution in [-0.4, -0.2) is 15.2 Å². The Morgan fingerprint density at radius 3 is 2.86 bits per heavy atom. The maximum atomic E-state index is 5.18. The molecule has 2 aromatic rings. The molecule has 0 radical (unpaired) electrons. The molecular weight excluding hydrogens is 218 g/mol. The summed E-state index contributed by atoms with van der Waals surface area (Å²) in [6, 6.07) is 0. The van der Waals surface area contributed by atoms with Gasteiger partial charge in [0.2, 0.25) is 0 Å². The summed E-state index contributed by atoms with van der Waals surface area (Å²) >= 11 is 6.36. The third-order valence-electron chi connectivity index (χ3n) is 1.67. The number of nitrogens with zero attached hydrogens (tertiary/aromatic N) is 2. The van der Waals surface area contributed by atoms with E-state index in [1.165, 1.54) is 0 Å². The molecule has 0 aliphatic rings. The Balaban J connectivity index is 2.38. The number of aromatic amines is 1. The largest absolute Gasteiger partial charge is 0.408 e. The minimum atomic E-state index is 0.291. The lowest BCUT2D eigenvalue weighted by Crippen LogP contribution is -1.81. The Hall–Kier alpha value is -1.01. The van der Waals surface area contributed by atoms with Gasteiger partial charge in [-0.05, 0) is 12.2 Å². The monoisotopic (exact) mass is 227 g/mol. The van der Waals surface area contributed by atoms with Crippen LogP contribution in [0.3, 0.4) is 0 Å². The summed E-state index contributed by atoms with van der Waals surface area (Å²) in [6.07, 6.45) is 1.76. The molecule has 6 heteroatoms. The predicted octanol–water partition coefficient (Wildman–Crippen LogP) is 2.98. The van der Waals surface area contributed by atoms with Crippen LogP contribution in [0.15, 0.2) is 10.6 Å². The summed E-state index contributed by atoms with van der Waals surface area (Å²) in [4.78, 5) is 5.47. The number of nitrogens with one attached hydrogen (secondary N) is 1. The van der Waals surface area contributed by atoms with Gasteiger partial charge in [-0.15, -0.1) is 16.4 Å². The lowest BCUT2D eigenvalue weighted by molar-refractivity contribution is 0.553. The minimum absolute atomic E-state index is 0.291. The fourth-order valence-electron chi connectivity index (χ4n) is 0.989. The second kappa shape index (κ2) is 3.62. The maximum absolute atomic E-state index is 5.18. The summed E-state index contributed by atoms with van der Waals surface area (Å²) in [7, 11) is 0. The van der Waals surface area contributed by atoms with E-state index in [2.05, 4.69) is 29.0 Å². The van der Waals surface area contributed by atoms with Crippen molar-refractivity contribution in [2.24, 2.45) is 0 Å². The van der Waals surface area contributed by atoms with E-state index in [0.29, 0.717) is 16.6 Å². The zero-order valence-electron chi connectivity index (χ0n) is 7.77. The molecule has 0 bridgehead atoms. The van der Waals surface area contributed by atoms with Crippen molar-refractivity contribution >= 4 is 23.6 Å². The van der Waals surface area contributed by atoms with Crippen molar-refractivity contribution < 1.29 is 4.42 Å². The molecule has 0 saturated carbocycles. The topological polar surface area (TPSA) is 54.7 Å². The number of aromatic nitrogens is 3. The molecule has 1 N–H and O–H groups in total. The van der Waals surface area contributed by atoms with Crippen molar-refractivity contribution in [1.82, 2.24) is 15.2 Å². The molecule has 0 aliphatic heterocycles. The quantitative estimate of drug-likeness (QED) is 0.801. The van der Waals surface area contributed by atoms with Crippen LogP contribution >= 0.6 is 23.6 Å². The fraction of sp³-hybridized carbons (Fsp3) is 0.375. The van der Waals surface area contributed by atoms with Crippen molar-refractivity contribution in [2.75, 3.05) is 0 Å². The van der Waals surface area contributed by atoms with Gasteiger partial charge in [-0.1, -0.05) is 13.8 Å². The molecule has 0 aromatic carbocycles. The molecule has 0 aliphatic carbocycles. The van der Waals surface area contributed by atoms with Crippen molar-refractivity contribution in [3.63, 3.8) is 0 Å². The second-order valence-corrected chi connectivity index (χ2v) is 4.57. The summed E-state index contributed by atoms with van der Waals surface area (Å²) in [5.41, 5.74) is 0. The number of hydrogen-bond donors (Lipinski definition) is 1. The summed E-state index contributed by atoms with van der Waals surface area (Å²) in [5, 5.41) is 7.59. The lowest BCUT2D eigenvalue weighted by atomic mass is 10.2. The standard InChI is InChI=1S/C8H9N3OS2/c1-4(2)7-9-3-5(14-7)6-10-11-8(13)12-6/h3-4H,1-2H3,(H,11,13). The van der Waals surface area contributed by atoms with E-state index in [0.717, 1.165) is 9.88 Å². The molecule has 0 saturated heterocycles. The second-order valence-electron chi connectivity index (χ2n) is 3.14. The summed E-state index contributed by atoms with van der Waals surface area (Å²) in [5.74, 6) is 0.940. The van der Waals surface area contributed by atoms with Crippen LogP contribution in [0.1, 0.15) is 24.8 Å². The van der Waals surface area contributed by atoms with Gasteiger partial charge in [-0.3, -0.25) is 0 Å².